The number of carbonyl (C=O) groups excluding carboxylic acids is 2. The molecule has 1 aliphatic rings. The number of nitrogens with zero attached hydrogens (tertiary/aromatic N) is 2. The molecule has 6 nitrogen and oxygen atoms in total. The van der Waals surface area contributed by atoms with Crippen LogP contribution in [0.5, 0.6) is 0 Å². The van der Waals surface area contributed by atoms with Gasteiger partial charge in [-0.15, -0.1) is 0 Å². The number of pyridine rings is 1. The minimum Gasteiger partial charge on any atom is -0.378 e. The van der Waals surface area contributed by atoms with Crippen molar-refractivity contribution in [2.75, 3.05) is 26.3 Å². The molecule has 29 heavy (non-hydrogen) atoms. The van der Waals surface area contributed by atoms with Crippen molar-refractivity contribution in [3.05, 3.63) is 66.0 Å². The number of fused-ring (bicyclic) bond motifs is 1. The molecule has 0 saturated carbocycles. The van der Waals surface area contributed by atoms with Crippen LogP contribution in [0, 0.1) is 0 Å². The molecule has 1 saturated heterocycles. The molecule has 4 rings (SSSR count). The molecule has 6 heteroatoms. The molecule has 1 fully saturated rings. The molecule has 2 heterocycles. The van der Waals surface area contributed by atoms with Gasteiger partial charge in [-0.05, 0) is 35.1 Å². The first-order valence-corrected chi connectivity index (χ1v) is 9.74. The second-order valence-electron chi connectivity index (χ2n) is 7.18. The summed E-state index contributed by atoms with van der Waals surface area (Å²) in [6.07, 6.45) is 4.77. The van der Waals surface area contributed by atoms with Crippen molar-refractivity contribution in [3.63, 3.8) is 0 Å². The zero-order chi connectivity index (χ0) is 20.2. The number of carbonyl (C=O) groups is 2. The minimum atomic E-state index is -0.449. The van der Waals surface area contributed by atoms with Crippen LogP contribution >= 0.6 is 0 Å². The van der Waals surface area contributed by atoms with Crippen LogP contribution in [0.3, 0.4) is 0 Å². The maximum absolute atomic E-state index is 12.3. The van der Waals surface area contributed by atoms with Crippen LogP contribution in [0.1, 0.15) is 22.3 Å². The van der Waals surface area contributed by atoms with Gasteiger partial charge < -0.3 is 15.4 Å². The van der Waals surface area contributed by atoms with Crippen LogP contribution in [0.25, 0.3) is 21.9 Å². The summed E-state index contributed by atoms with van der Waals surface area (Å²) in [7, 11) is 0. The Balaban J connectivity index is 1.51. The second kappa shape index (κ2) is 8.41. The zero-order valence-corrected chi connectivity index (χ0v) is 16.1. The number of primary amides is 1. The highest BCUT2D eigenvalue weighted by atomic mass is 16.5. The quantitative estimate of drug-likeness (QED) is 0.727. The van der Waals surface area contributed by atoms with Gasteiger partial charge in [-0.2, -0.15) is 0 Å². The van der Waals surface area contributed by atoms with Gasteiger partial charge in [0.25, 0.3) is 0 Å². The Labute approximate surface area is 169 Å². The number of rotatable bonds is 5. The highest BCUT2D eigenvalue weighted by Gasteiger charge is 2.16. The first-order chi connectivity index (χ1) is 14.1. The Bertz CT molecular complexity index is 1040. The van der Waals surface area contributed by atoms with Gasteiger partial charge in [0.15, 0.2) is 0 Å². The van der Waals surface area contributed by atoms with Gasteiger partial charge in [-0.1, -0.05) is 30.3 Å². The van der Waals surface area contributed by atoms with Gasteiger partial charge in [-0.3, -0.25) is 14.6 Å². The van der Waals surface area contributed by atoms with E-state index in [0.29, 0.717) is 44.7 Å². The lowest BCUT2D eigenvalue weighted by Gasteiger charge is -2.26. The van der Waals surface area contributed by atoms with Crippen molar-refractivity contribution >= 4 is 22.6 Å². The van der Waals surface area contributed by atoms with Crippen LogP contribution in [0.2, 0.25) is 0 Å². The molecule has 1 aliphatic heterocycles. The highest BCUT2D eigenvalue weighted by molar-refractivity contribution is 6.02. The lowest BCUT2D eigenvalue weighted by molar-refractivity contribution is -0.135. The number of aromatic nitrogens is 1. The molecule has 0 bridgehead atoms. The van der Waals surface area contributed by atoms with Crippen LogP contribution in [-0.2, 0) is 16.0 Å². The van der Waals surface area contributed by atoms with E-state index in [9.17, 15) is 9.59 Å². The van der Waals surface area contributed by atoms with Gasteiger partial charge >= 0.3 is 0 Å². The number of hydrogen-bond acceptors (Lipinski definition) is 4. The Morgan fingerprint density at radius 2 is 1.79 bits per heavy atom. The van der Waals surface area contributed by atoms with E-state index in [2.05, 4.69) is 4.98 Å². The molecular weight excluding hydrogens is 366 g/mol. The van der Waals surface area contributed by atoms with E-state index in [4.69, 9.17) is 10.5 Å². The monoisotopic (exact) mass is 389 g/mol. The van der Waals surface area contributed by atoms with Crippen LogP contribution < -0.4 is 5.73 Å². The Morgan fingerprint density at radius 3 is 2.52 bits per heavy atom. The topological polar surface area (TPSA) is 85.5 Å². The molecule has 0 unspecified atom stereocenters. The van der Waals surface area contributed by atoms with E-state index >= 15 is 0 Å². The van der Waals surface area contributed by atoms with Gasteiger partial charge in [0.05, 0.1) is 13.2 Å². The highest BCUT2D eigenvalue weighted by Crippen LogP contribution is 2.29. The molecule has 0 radical (unpaired) electrons. The summed E-state index contributed by atoms with van der Waals surface area (Å²) in [4.78, 5) is 30.1. The average molecular weight is 389 g/mol. The Hall–Kier alpha value is -3.25. The number of benzene rings is 2. The number of hydrogen-bond donors (Lipinski definition) is 1. The number of nitrogens with two attached hydrogens (primary N) is 1. The van der Waals surface area contributed by atoms with Gasteiger partial charge in [-0.25, -0.2) is 0 Å². The van der Waals surface area contributed by atoms with Crippen molar-refractivity contribution < 1.29 is 14.3 Å². The molecule has 148 valence electrons. The number of ether oxygens (including phenoxy) is 1. The predicted molar refractivity (Wildman–Crippen MR) is 111 cm³/mol. The van der Waals surface area contributed by atoms with Crippen molar-refractivity contribution in [1.82, 2.24) is 9.88 Å². The normalized spacial score (nSPS) is 14.1. The fourth-order valence-electron chi connectivity index (χ4n) is 3.62. The average Bonchev–Trinajstić information content (AvgIpc) is 2.77. The third-order valence-electron chi connectivity index (χ3n) is 5.30. The van der Waals surface area contributed by atoms with E-state index < -0.39 is 5.91 Å². The van der Waals surface area contributed by atoms with Crippen molar-refractivity contribution in [1.29, 1.82) is 0 Å². The van der Waals surface area contributed by atoms with Crippen LogP contribution in [0.4, 0.5) is 0 Å². The maximum Gasteiger partial charge on any atom is 0.248 e. The maximum atomic E-state index is 12.3. The SMILES string of the molecule is NC(=O)c1ccc2cncc(-c3ccc(CCC(=O)N4CCOCC4)cc3)c2c1. The summed E-state index contributed by atoms with van der Waals surface area (Å²) in [5.74, 6) is -0.274. The van der Waals surface area contributed by atoms with Crippen molar-refractivity contribution in [2.45, 2.75) is 12.8 Å². The number of amides is 2. The van der Waals surface area contributed by atoms with E-state index in [1.54, 1.807) is 18.5 Å². The minimum absolute atomic E-state index is 0.176. The lowest BCUT2D eigenvalue weighted by Crippen LogP contribution is -2.40. The van der Waals surface area contributed by atoms with Gasteiger partial charge in [0.1, 0.15) is 0 Å². The van der Waals surface area contributed by atoms with E-state index in [0.717, 1.165) is 27.5 Å². The fraction of sp³-hybridized carbons (Fsp3) is 0.261. The third kappa shape index (κ3) is 4.27. The Morgan fingerprint density at radius 1 is 1.03 bits per heavy atom. The van der Waals surface area contributed by atoms with Crippen molar-refractivity contribution in [3.8, 4) is 11.1 Å². The number of aryl methyl sites for hydroxylation is 1. The summed E-state index contributed by atoms with van der Waals surface area (Å²) in [5, 5.41) is 1.89. The molecule has 2 aromatic carbocycles. The summed E-state index contributed by atoms with van der Waals surface area (Å²) >= 11 is 0. The first kappa shape index (κ1) is 19.1. The standard InChI is InChI=1S/C23H23N3O3/c24-23(28)18-6-7-19-14-25-15-21(20(19)13-18)17-4-1-16(2-5-17)3-8-22(27)26-9-11-29-12-10-26/h1-2,4-7,13-15H,3,8-12H2,(H2,24,28). The fourth-order valence-corrected chi connectivity index (χ4v) is 3.62. The smallest absolute Gasteiger partial charge is 0.248 e. The van der Waals surface area contributed by atoms with Crippen molar-refractivity contribution in [2.24, 2.45) is 5.73 Å². The lowest BCUT2D eigenvalue weighted by atomic mass is 9.97. The van der Waals surface area contributed by atoms with E-state index in [1.807, 2.05) is 41.3 Å². The zero-order valence-electron chi connectivity index (χ0n) is 16.1. The summed E-state index contributed by atoms with van der Waals surface area (Å²) in [6, 6.07) is 13.5. The van der Waals surface area contributed by atoms with Gasteiger partial charge in [0.2, 0.25) is 11.8 Å². The van der Waals surface area contributed by atoms with Crippen LogP contribution in [-0.4, -0.2) is 48.0 Å². The van der Waals surface area contributed by atoms with E-state index in [-0.39, 0.29) is 5.91 Å². The molecule has 2 N–H and O–H groups in total. The van der Waals surface area contributed by atoms with E-state index in [1.165, 1.54) is 0 Å². The Kier molecular flexibility index (Phi) is 5.53. The number of morpholine rings is 1. The molecule has 2 amide bonds. The van der Waals surface area contributed by atoms with Gasteiger partial charge in [0, 0.05) is 48.4 Å². The molecule has 0 atom stereocenters. The molecule has 3 aromatic rings. The molecule has 0 aliphatic carbocycles. The third-order valence-corrected chi connectivity index (χ3v) is 5.30. The molecule has 0 spiro atoms. The molecule has 1 aromatic heterocycles. The first-order valence-electron chi connectivity index (χ1n) is 9.74. The van der Waals surface area contributed by atoms with Crippen LogP contribution in [0.15, 0.2) is 54.9 Å². The summed E-state index contributed by atoms with van der Waals surface area (Å²) in [6.45, 7) is 2.60. The summed E-state index contributed by atoms with van der Waals surface area (Å²) in [5.41, 5.74) is 8.97. The largest absolute Gasteiger partial charge is 0.378 e. The molecular formula is C23H23N3O3. The summed E-state index contributed by atoms with van der Waals surface area (Å²) < 4.78 is 5.29. The second-order valence-corrected chi connectivity index (χ2v) is 7.18. The predicted octanol–water partition coefficient (Wildman–Crippen LogP) is 2.79.